The molecule has 1 fully saturated rings. The van der Waals surface area contributed by atoms with Gasteiger partial charge in [-0.15, -0.1) is 0 Å². The van der Waals surface area contributed by atoms with Crippen LogP contribution in [0.15, 0.2) is 22.7 Å². The van der Waals surface area contributed by atoms with Crippen LogP contribution in [0.25, 0.3) is 0 Å². The molecule has 2 rings (SSSR count). The standard InChI is InChI=1S/C12H12BrFN2O4S/c13-10-5-8(14)1-2-9(10)12(18)16-15-11(17)7-3-4-21(19,20)6-7/h1-2,5,7H,3-4,6H2,(H,15,17)(H,16,18)/t7-/m1/s1. The summed E-state index contributed by atoms with van der Waals surface area (Å²) < 4.78 is 35.7. The first kappa shape index (κ1) is 15.9. The van der Waals surface area contributed by atoms with Gasteiger partial charge in [0.2, 0.25) is 5.91 Å². The number of amides is 2. The molecule has 1 aliphatic heterocycles. The fourth-order valence-corrected chi connectivity index (χ4v) is 4.24. The number of carbonyl (C=O) groups excluding carboxylic acids is 2. The molecule has 0 spiro atoms. The maximum atomic E-state index is 12.9. The van der Waals surface area contributed by atoms with Crippen LogP contribution in [0.4, 0.5) is 4.39 Å². The predicted octanol–water partition coefficient (Wildman–Crippen LogP) is 0.784. The van der Waals surface area contributed by atoms with Crippen molar-refractivity contribution in [1.29, 1.82) is 0 Å². The highest BCUT2D eigenvalue weighted by atomic mass is 79.9. The van der Waals surface area contributed by atoms with Crippen molar-refractivity contribution in [2.24, 2.45) is 5.92 Å². The van der Waals surface area contributed by atoms with Gasteiger partial charge in [0, 0.05) is 4.47 Å². The molecule has 9 heteroatoms. The Kier molecular flexibility index (Phi) is 4.62. The molecule has 1 saturated heterocycles. The quantitative estimate of drug-likeness (QED) is 0.743. The highest BCUT2D eigenvalue weighted by molar-refractivity contribution is 9.10. The lowest BCUT2D eigenvalue weighted by Gasteiger charge is -2.11. The summed E-state index contributed by atoms with van der Waals surface area (Å²) >= 11 is 3.04. The van der Waals surface area contributed by atoms with Gasteiger partial charge in [0.1, 0.15) is 5.82 Å². The Morgan fingerprint density at radius 1 is 1.29 bits per heavy atom. The zero-order valence-electron chi connectivity index (χ0n) is 10.7. The van der Waals surface area contributed by atoms with Gasteiger partial charge >= 0.3 is 0 Å². The molecule has 6 nitrogen and oxygen atoms in total. The first-order valence-corrected chi connectivity index (χ1v) is 8.65. The molecule has 0 unspecified atom stereocenters. The van der Waals surface area contributed by atoms with E-state index >= 15 is 0 Å². The maximum Gasteiger partial charge on any atom is 0.270 e. The lowest BCUT2D eigenvalue weighted by Crippen LogP contribution is -2.45. The van der Waals surface area contributed by atoms with E-state index in [1.165, 1.54) is 6.07 Å². The van der Waals surface area contributed by atoms with Crippen molar-refractivity contribution in [3.8, 4) is 0 Å². The Morgan fingerprint density at radius 2 is 2.00 bits per heavy atom. The average molecular weight is 379 g/mol. The highest BCUT2D eigenvalue weighted by Gasteiger charge is 2.33. The van der Waals surface area contributed by atoms with E-state index in [1.807, 2.05) is 0 Å². The lowest BCUT2D eigenvalue weighted by molar-refractivity contribution is -0.125. The predicted molar refractivity (Wildman–Crippen MR) is 76.5 cm³/mol. The Bertz CT molecular complexity index is 692. The van der Waals surface area contributed by atoms with Gasteiger partial charge in [-0.2, -0.15) is 0 Å². The van der Waals surface area contributed by atoms with E-state index in [0.29, 0.717) is 0 Å². The van der Waals surface area contributed by atoms with Crippen LogP contribution in [0.1, 0.15) is 16.8 Å². The maximum absolute atomic E-state index is 12.9. The van der Waals surface area contributed by atoms with Crippen LogP contribution in [0.5, 0.6) is 0 Å². The van der Waals surface area contributed by atoms with Gasteiger partial charge in [0.05, 0.1) is 23.0 Å². The molecule has 21 heavy (non-hydrogen) atoms. The lowest BCUT2D eigenvalue weighted by atomic mass is 10.1. The number of rotatable bonds is 2. The molecule has 114 valence electrons. The van der Waals surface area contributed by atoms with Crippen molar-refractivity contribution in [2.45, 2.75) is 6.42 Å². The summed E-state index contributed by atoms with van der Waals surface area (Å²) in [5, 5.41) is 0. The molecule has 2 amide bonds. The number of halogens is 2. The molecule has 2 N–H and O–H groups in total. The summed E-state index contributed by atoms with van der Waals surface area (Å²) in [4.78, 5) is 23.6. The monoisotopic (exact) mass is 378 g/mol. The third kappa shape index (κ3) is 4.01. The van der Waals surface area contributed by atoms with Gasteiger partial charge in [-0.05, 0) is 40.5 Å². The third-order valence-corrected chi connectivity index (χ3v) is 5.50. The van der Waals surface area contributed by atoms with Crippen LogP contribution < -0.4 is 10.9 Å². The molecule has 0 aliphatic carbocycles. The van der Waals surface area contributed by atoms with Crippen molar-refractivity contribution >= 4 is 37.6 Å². The van der Waals surface area contributed by atoms with Gasteiger partial charge in [0.15, 0.2) is 9.84 Å². The summed E-state index contributed by atoms with van der Waals surface area (Å²) in [5.41, 5.74) is 4.51. The molecule has 0 aromatic heterocycles. The van der Waals surface area contributed by atoms with Crippen LogP contribution >= 0.6 is 15.9 Å². The number of hydrogen-bond acceptors (Lipinski definition) is 4. The summed E-state index contributed by atoms with van der Waals surface area (Å²) in [6.07, 6.45) is 0.240. The van der Waals surface area contributed by atoms with E-state index in [2.05, 4.69) is 26.8 Å². The second-order valence-electron chi connectivity index (χ2n) is 4.67. The highest BCUT2D eigenvalue weighted by Crippen LogP contribution is 2.19. The van der Waals surface area contributed by atoms with Crippen molar-refractivity contribution in [1.82, 2.24) is 10.9 Å². The second kappa shape index (κ2) is 6.10. The molecule has 0 radical (unpaired) electrons. The Labute approximate surface area is 129 Å². The Balaban J connectivity index is 1.94. The fourth-order valence-electron chi connectivity index (χ4n) is 1.96. The Hall–Kier alpha value is -1.48. The minimum atomic E-state index is -3.17. The van der Waals surface area contributed by atoms with E-state index in [-0.39, 0.29) is 28.0 Å². The number of hydrogen-bond donors (Lipinski definition) is 2. The normalized spacial score (nSPS) is 20.0. The van der Waals surface area contributed by atoms with Crippen LogP contribution in [0.2, 0.25) is 0 Å². The van der Waals surface area contributed by atoms with Gasteiger partial charge in [-0.1, -0.05) is 0 Å². The van der Waals surface area contributed by atoms with Crippen LogP contribution in [0.3, 0.4) is 0 Å². The average Bonchev–Trinajstić information content (AvgIpc) is 2.76. The molecule has 1 aliphatic rings. The third-order valence-electron chi connectivity index (χ3n) is 3.08. The molecular formula is C12H12BrFN2O4S. The number of sulfone groups is 1. The van der Waals surface area contributed by atoms with Crippen LogP contribution in [-0.2, 0) is 14.6 Å². The van der Waals surface area contributed by atoms with E-state index in [0.717, 1.165) is 12.1 Å². The van der Waals surface area contributed by atoms with Gasteiger partial charge in [0.25, 0.3) is 5.91 Å². The van der Waals surface area contributed by atoms with E-state index in [1.54, 1.807) is 0 Å². The first-order valence-electron chi connectivity index (χ1n) is 6.04. The molecule has 1 atom stereocenters. The van der Waals surface area contributed by atoms with Gasteiger partial charge < -0.3 is 0 Å². The fraction of sp³-hybridized carbons (Fsp3) is 0.333. The second-order valence-corrected chi connectivity index (χ2v) is 7.75. The van der Waals surface area contributed by atoms with Crippen molar-refractivity contribution in [2.75, 3.05) is 11.5 Å². The SMILES string of the molecule is O=C(NNC(=O)[C@@H]1CCS(=O)(=O)C1)c1ccc(F)cc1Br. The molecule has 0 bridgehead atoms. The minimum Gasteiger partial charge on any atom is -0.273 e. The largest absolute Gasteiger partial charge is 0.273 e. The minimum absolute atomic E-state index is 0.0253. The number of benzene rings is 1. The molecule has 1 aromatic carbocycles. The molecule has 1 aromatic rings. The van der Waals surface area contributed by atoms with Crippen molar-refractivity contribution < 1.29 is 22.4 Å². The smallest absolute Gasteiger partial charge is 0.270 e. The zero-order chi connectivity index (χ0) is 15.6. The number of carbonyl (C=O) groups is 2. The van der Waals surface area contributed by atoms with E-state index < -0.39 is 33.4 Å². The topological polar surface area (TPSA) is 92.3 Å². The van der Waals surface area contributed by atoms with E-state index in [9.17, 15) is 22.4 Å². The first-order chi connectivity index (χ1) is 9.78. The van der Waals surface area contributed by atoms with Crippen molar-refractivity contribution in [3.05, 3.63) is 34.1 Å². The summed E-state index contributed by atoms with van der Waals surface area (Å²) in [7, 11) is -3.17. The number of hydrazine groups is 1. The summed E-state index contributed by atoms with van der Waals surface area (Å²) in [5.74, 6) is -2.58. The van der Waals surface area contributed by atoms with Crippen molar-refractivity contribution in [3.63, 3.8) is 0 Å². The number of nitrogens with one attached hydrogen (secondary N) is 2. The van der Waals surface area contributed by atoms with Gasteiger partial charge in [-0.3, -0.25) is 20.4 Å². The zero-order valence-corrected chi connectivity index (χ0v) is 13.1. The van der Waals surface area contributed by atoms with Crippen LogP contribution in [0, 0.1) is 11.7 Å². The molecular weight excluding hydrogens is 367 g/mol. The van der Waals surface area contributed by atoms with Crippen LogP contribution in [-0.4, -0.2) is 31.7 Å². The Morgan fingerprint density at radius 3 is 2.57 bits per heavy atom. The molecule has 0 saturated carbocycles. The summed E-state index contributed by atoms with van der Waals surface area (Å²) in [6, 6.07) is 3.51. The molecule has 1 heterocycles. The van der Waals surface area contributed by atoms with E-state index in [4.69, 9.17) is 0 Å². The summed E-state index contributed by atoms with van der Waals surface area (Å²) in [6.45, 7) is 0. The van der Waals surface area contributed by atoms with Gasteiger partial charge in [-0.25, -0.2) is 12.8 Å².